The Hall–Kier alpha value is -3.97. The molecule has 0 N–H and O–H groups in total. The summed E-state index contributed by atoms with van der Waals surface area (Å²) >= 11 is 0. The molecule has 0 saturated carbocycles. The van der Waals surface area contributed by atoms with E-state index in [1.807, 2.05) is 61.5 Å². The normalized spacial score (nSPS) is 10.4. The second-order valence-corrected chi connectivity index (χ2v) is 6.53. The predicted molar refractivity (Wildman–Crippen MR) is 110 cm³/mol. The summed E-state index contributed by atoms with van der Waals surface area (Å²) < 4.78 is 1.61. The quantitative estimate of drug-likeness (QED) is 0.528. The van der Waals surface area contributed by atoms with Gasteiger partial charge in [-0.15, -0.1) is 0 Å². The second-order valence-electron chi connectivity index (χ2n) is 6.53. The van der Waals surface area contributed by atoms with E-state index in [0.717, 1.165) is 22.5 Å². The highest BCUT2D eigenvalue weighted by atomic mass is 16.1. The Balaban J connectivity index is 2.03. The van der Waals surface area contributed by atoms with Crippen molar-refractivity contribution in [3.05, 3.63) is 107 Å². The Kier molecular flexibility index (Phi) is 4.57. The molecule has 0 bridgehead atoms. The average Bonchev–Trinajstić information content (AvgIpc) is 2.75. The van der Waals surface area contributed by atoms with E-state index in [1.54, 1.807) is 35.2 Å². The van der Waals surface area contributed by atoms with Crippen LogP contribution in [0.2, 0.25) is 0 Å². The Morgan fingerprint density at radius 1 is 0.929 bits per heavy atom. The van der Waals surface area contributed by atoms with Crippen molar-refractivity contribution in [2.24, 2.45) is 0 Å². The number of para-hydroxylation sites is 1. The van der Waals surface area contributed by atoms with Crippen LogP contribution in [0, 0.1) is 18.3 Å². The van der Waals surface area contributed by atoms with E-state index in [0.29, 0.717) is 16.7 Å². The van der Waals surface area contributed by atoms with Crippen LogP contribution in [0.4, 0.5) is 0 Å². The molecule has 2 aromatic heterocycles. The summed E-state index contributed by atoms with van der Waals surface area (Å²) in [5.74, 6) is 0. The third kappa shape index (κ3) is 3.22. The van der Waals surface area contributed by atoms with Crippen molar-refractivity contribution in [2.75, 3.05) is 0 Å². The van der Waals surface area contributed by atoms with Crippen LogP contribution in [0.1, 0.15) is 11.1 Å². The molecule has 4 nitrogen and oxygen atoms in total. The standard InChI is InChI=1S/C24H17N3O/c1-17-11-12-23(26-15-17)19-13-22(21-10-6-5-7-18(21)14-25)24(28)27(16-19)20-8-3-2-4-9-20/h2-13,15-16H,1H3. The van der Waals surface area contributed by atoms with Crippen molar-refractivity contribution in [2.45, 2.75) is 6.92 Å². The van der Waals surface area contributed by atoms with Crippen LogP contribution in [0.25, 0.3) is 28.1 Å². The number of rotatable bonds is 3. The van der Waals surface area contributed by atoms with Gasteiger partial charge in [-0.2, -0.15) is 5.26 Å². The Bertz CT molecular complexity index is 1230. The van der Waals surface area contributed by atoms with Crippen LogP contribution in [0.3, 0.4) is 0 Å². The molecule has 0 aliphatic heterocycles. The van der Waals surface area contributed by atoms with E-state index in [4.69, 9.17) is 0 Å². The molecule has 2 heterocycles. The fourth-order valence-corrected chi connectivity index (χ4v) is 3.15. The zero-order valence-corrected chi connectivity index (χ0v) is 15.3. The summed E-state index contributed by atoms with van der Waals surface area (Å²) in [5, 5.41) is 9.50. The Labute approximate surface area is 163 Å². The van der Waals surface area contributed by atoms with Gasteiger partial charge in [0.25, 0.3) is 5.56 Å². The lowest BCUT2D eigenvalue weighted by Crippen LogP contribution is -2.20. The number of nitrogens with zero attached hydrogens (tertiary/aromatic N) is 3. The minimum Gasteiger partial charge on any atom is -0.283 e. The molecule has 0 aliphatic rings. The summed E-state index contributed by atoms with van der Waals surface area (Å²) in [6, 6.07) is 24.5. The maximum absolute atomic E-state index is 13.3. The van der Waals surface area contributed by atoms with Gasteiger partial charge < -0.3 is 0 Å². The van der Waals surface area contributed by atoms with E-state index in [-0.39, 0.29) is 5.56 Å². The molecule has 4 aromatic rings. The molecule has 0 radical (unpaired) electrons. The number of nitriles is 1. The van der Waals surface area contributed by atoms with E-state index >= 15 is 0 Å². The maximum atomic E-state index is 13.3. The topological polar surface area (TPSA) is 58.7 Å². The minimum atomic E-state index is -0.176. The SMILES string of the molecule is Cc1ccc(-c2cc(-c3ccccc3C#N)c(=O)n(-c3ccccc3)c2)nc1. The Morgan fingerprint density at radius 3 is 2.39 bits per heavy atom. The molecular weight excluding hydrogens is 346 g/mol. The zero-order valence-electron chi connectivity index (χ0n) is 15.3. The van der Waals surface area contributed by atoms with Gasteiger partial charge in [-0.1, -0.05) is 42.5 Å². The monoisotopic (exact) mass is 363 g/mol. The maximum Gasteiger partial charge on any atom is 0.263 e. The molecule has 2 aromatic carbocycles. The van der Waals surface area contributed by atoms with Gasteiger partial charge in [0.15, 0.2) is 0 Å². The van der Waals surface area contributed by atoms with Crippen molar-refractivity contribution in [1.82, 2.24) is 9.55 Å². The fraction of sp³-hybridized carbons (Fsp3) is 0.0417. The van der Waals surface area contributed by atoms with Crippen LogP contribution in [-0.2, 0) is 0 Å². The van der Waals surface area contributed by atoms with E-state index in [2.05, 4.69) is 11.1 Å². The summed E-state index contributed by atoms with van der Waals surface area (Å²) in [7, 11) is 0. The highest BCUT2D eigenvalue weighted by Crippen LogP contribution is 2.26. The van der Waals surface area contributed by atoms with Gasteiger partial charge in [0.05, 0.1) is 17.3 Å². The lowest BCUT2D eigenvalue weighted by atomic mass is 9.99. The van der Waals surface area contributed by atoms with Gasteiger partial charge in [-0.05, 0) is 42.8 Å². The van der Waals surface area contributed by atoms with Crippen LogP contribution in [0.15, 0.2) is 90.0 Å². The zero-order chi connectivity index (χ0) is 19.5. The van der Waals surface area contributed by atoms with Gasteiger partial charge in [0, 0.05) is 34.8 Å². The van der Waals surface area contributed by atoms with Crippen molar-refractivity contribution in [3.63, 3.8) is 0 Å². The number of hydrogen-bond donors (Lipinski definition) is 0. The number of hydrogen-bond acceptors (Lipinski definition) is 3. The number of benzene rings is 2. The van der Waals surface area contributed by atoms with E-state index < -0.39 is 0 Å². The molecule has 0 amide bonds. The highest BCUT2D eigenvalue weighted by molar-refractivity contribution is 5.74. The molecule has 0 aliphatic carbocycles. The Morgan fingerprint density at radius 2 is 1.68 bits per heavy atom. The fourth-order valence-electron chi connectivity index (χ4n) is 3.15. The average molecular weight is 363 g/mol. The van der Waals surface area contributed by atoms with Crippen molar-refractivity contribution in [1.29, 1.82) is 5.26 Å². The molecule has 0 fully saturated rings. The molecule has 4 rings (SSSR count). The number of pyridine rings is 2. The van der Waals surface area contributed by atoms with E-state index in [9.17, 15) is 10.1 Å². The van der Waals surface area contributed by atoms with Crippen molar-refractivity contribution >= 4 is 0 Å². The molecule has 0 spiro atoms. The van der Waals surface area contributed by atoms with Crippen LogP contribution < -0.4 is 5.56 Å². The first-order valence-electron chi connectivity index (χ1n) is 8.92. The first-order valence-corrected chi connectivity index (χ1v) is 8.92. The van der Waals surface area contributed by atoms with Gasteiger partial charge in [-0.25, -0.2) is 0 Å². The highest BCUT2D eigenvalue weighted by Gasteiger charge is 2.14. The lowest BCUT2D eigenvalue weighted by molar-refractivity contribution is 0.993. The molecular formula is C24H17N3O. The van der Waals surface area contributed by atoms with Gasteiger partial charge >= 0.3 is 0 Å². The molecule has 0 atom stereocenters. The lowest BCUT2D eigenvalue weighted by Gasteiger charge is -2.13. The molecule has 134 valence electrons. The number of aryl methyl sites for hydroxylation is 1. The molecule has 0 saturated heterocycles. The van der Waals surface area contributed by atoms with Gasteiger partial charge in [-0.3, -0.25) is 14.3 Å². The van der Waals surface area contributed by atoms with E-state index in [1.165, 1.54) is 0 Å². The second kappa shape index (κ2) is 7.34. The van der Waals surface area contributed by atoms with Crippen LogP contribution in [0.5, 0.6) is 0 Å². The summed E-state index contributed by atoms with van der Waals surface area (Å²) in [4.78, 5) is 17.8. The van der Waals surface area contributed by atoms with Gasteiger partial charge in [0.1, 0.15) is 0 Å². The van der Waals surface area contributed by atoms with Crippen molar-refractivity contribution in [3.8, 4) is 34.1 Å². The molecule has 4 heteroatoms. The smallest absolute Gasteiger partial charge is 0.263 e. The van der Waals surface area contributed by atoms with Crippen LogP contribution in [-0.4, -0.2) is 9.55 Å². The summed E-state index contributed by atoms with van der Waals surface area (Å²) in [6.07, 6.45) is 3.60. The summed E-state index contributed by atoms with van der Waals surface area (Å²) in [5.41, 5.74) is 4.79. The first kappa shape index (κ1) is 17.4. The molecule has 0 unspecified atom stereocenters. The predicted octanol–water partition coefficient (Wildman–Crippen LogP) is 4.75. The largest absolute Gasteiger partial charge is 0.283 e. The first-order chi connectivity index (χ1) is 13.7. The molecule has 28 heavy (non-hydrogen) atoms. The van der Waals surface area contributed by atoms with Crippen LogP contribution >= 0.6 is 0 Å². The minimum absolute atomic E-state index is 0.176. The summed E-state index contributed by atoms with van der Waals surface area (Å²) in [6.45, 7) is 1.98. The third-order valence-corrected chi connectivity index (χ3v) is 4.60. The van der Waals surface area contributed by atoms with Gasteiger partial charge in [0.2, 0.25) is 0 Å². The number of aromatic nitrogens is 2. The van der Waals surface area contributed by atoms with Crippen molar-refractivity contribution < 1.29 is 0 Å². The third-order valence-electron chi connectivity index (χ3n) is 4.60.